The predicted molar refractivity (Wildman–Crippen MR) is 134 cm³/mol. The van der Waals surface area contributed by atoms with Crippen molar-refractivity contribution < 1.29 is 14.6 Å². The van der Waals surface area contributed by atoms with E-state index in [1.807, 2.05) is 39.8 Å². The van der Waals surface area contributed by atoms with Gasteiger partial charge in [-0.25, -0.2) is 0 Å². The average Bonchev–Trinajstić information content (AvgIpc) is 3.04. The van der Waals surface area contributed by atoms with Crippen LogP contribution in [0, 0.1) is 0 Å². The van der Waals surface area contributed by atoms with Gasteiger partial charge in [0.05, 0.1) is 35.6 Å². The zero-order valence-corrected chi connectivity index (χ0v) is 21.2. The molecule has 1 aromatic rings. The largest absolute Gasteiger partial charge is 0.492 e. The molecule has 34 heavy (non-hydrogen) atoms. The van der Waals surface area contributed by atoms with Crippen LogP contribution in [0.1, 0.15) is 70.3 Å². The summed E-state index contributed by atoms with van der Waals surface area (Å²) < 4.78 is 5.96. The Morgan fingerprint density at radius 3 is 2.76 bits per heavy atom. The summed E-state index contributed by atoms with van der Waals surface area (Å²) >= 11 is 0. The molecule has 1 amide bonds. The first-order chi connectivity index (χ1) is 16.0. The number of aliphatic imine (C=N–C) groups is 1. The maximum atomic E-state index is 13.5. The second-order valence-corrected chi connectivity index (χ2v) is 10.7. The normalized spacial score (nSPS) is 30.1. The fourth-order valence-electron chi connectivity index (χ4n) is 5.50. The van der Waals surface area contributed by atoms with Crippen LogP contribution in [0.15, 0.2) is 34.6 Å². The fraction of sp³-hybridized carbons (Fsp3) is 0.615. The average molecular weight is 470 g/mol. The Kier molecular flexibility index (Phi) is 6.31. The molecule has 8 heteroatoms. The molecule has 0 radical (unpaired) electrons. The van der Waals surface area contributed by atoms with E-state index >= 15 is 0 Å². The molecule has 4 rings (SSSR count). The van der Waals surface area contributed by atoms with Crippen molar-refractivity contribution in [3.63, 3.8) is 0 Å². The summed E-state index contributed by atoms with van der Waals surface area (Å²) in [7, 11) is 0. The lowest BCUT2D eigenvalue weighted by atomic mass is 9.79. The van der Waals surface area contributed by atoms with E-state index in [2.05, 4.69) is 29.4 Å². The third-order valence-electron chi connectivity index (χ3n) is 7.78. The Labute approximate surface area is 202 Å². The quantitative estimate of drug-likeness (QED) is 0.398. The van der Waals surface area contributed by atoms with E-state index in [-0.39, 0.29) is 17.4 Å². The molecule has 3 aliphatic heterocycles. The number of amides is 1. The molecule has 3 aliphatic rings. The van der Waals surface area contributed by atoms with Gasteiger partial charge in [-0.15, -0.1) is 0 Å². The number of amidine groups is 1. The van der Waals surface area contributed by atoms with E-state index < -0.39 is 17.7 Å². The highest BCUT2D eigenvalue weighted by Gasteiger charge is 2.58. The summed E-state index contributed by atoms with van der Waals surface area (Å²) in [4.78, 5) is 20.3. The Morgan fingerprint density at radius 2 is 2.09 bits per heavy atom. The molecule has 2 fully saturated rings. The van der Waals surface area contributed by atoms with Crippen molar-refractivity contribution in [1.29, 1.82) is 0 Å². The van der Waals surface area contributed by atoms with Gasteiger partial charge in [-0.1, -0.05) is 32.9 Å². The summed E-state index contributed by atoms with van der Waals surface area (Å²) in [6.45, 7) is 14.0. The van der Waals surface area contributed by atoms with Crippen LogP contribution in [0.4, 0.5) is 0 Å². The van der Waals surface area contributed by atoms with Crippen molar-refractivity contribution in [1.82, 2.24) is 15.5 Å². The first-order valence-corrected chi connectivity index (χ1v) is 12.3. The number of hydrogen-bond donors (Lipinski definition) is 4. The molecule has 0 saturated carbocycles. The number of nitrogens with two attached hydrogens (primary N) is 1. The van der Waals surface area contributed by atoms with E-state index in [1.165, 1.54) is 0 Å². The van der Waals surface area contributed by atoms with Crippen LogP contribution in [0.5, 0.6) is 5.75 Å². The number of aliphatic hydroxyl groups excluding tert-OH is 1. The van der Waals surface area contributed by atoms with Crippen LogP contribution in [0.2, 0.25) is 0 Å². The van der Waals surface area contributed by atoms with Crippen molar-refractivity contribution in [2.75, 3.05) is 19.7 Å². The Balaban J connectivity index is 1.65. The fourth-order valence-corrected chi connectivity index (χ4v) is 5.50. The number of rotatable bonds is 4. The highest BCUT2D eigenvalue weighted by Crippen LogP contribution is 2.42. The third-order valence-corrected chi connectivity index (χ3v) is 7.78. The highest BCUT2D eigenvalue weighted by atomic mass is 16.5. The van der Waals surface area contributed by atoms with E-state index in [9.17, 15) is 9.90 Å². The summed E-state index contributed by atoms with van der Waals surface area (Å²) in [5.41, 5.74) is 8.00. The number of aliphatic hydroxyl groups is 1. The number of hydrogen-bond acceptors (Lipinski definition) is 6. The molecule has 3 heterocycles. The number of nitrogens with zero attached hydrogens (tertiary/aromatic N) is 2. The Morgan fingerprint density at radius 1 is 1.35 bits per heavy atom. The van der Waals surface area contributed by atoms with E-state index in [1.54, 1.807) is 6.07 Å². The van der Waals surface area contributed by atoms with E-state index in [0.29, 0.717) is 43.3 Å². The number of carbonyl (C=O) groups is 1. The first-order valence-electron chi connectivity index (χ1n) is 12.3. The molecule has 0 bridgehead atoms. The Hall–Kier alpha value is -2.74. The third kappa shape index (κ3) is 3.91. The predicted octanol–water partition coefficient (Wildman–Crippen LogP) is 2.27. The van der Waals surface area contributed by atoms with Crippen molar-refractivity contribution >= 4 is 11.7 Å². The van der Waals surface area contributed by atoms with Crippen molar-refractivity contribution in [2.45, 2.75) is 83.5 Å². The molecule has 0 aliphatic carbocycles. The number of carbonyl (C=O) groups excluding carboxylic acids is 1. The summed E-state index contributed by atoms with van der Waals surface area (Å²) in [5, 5.41) is 18.1. The van der Waals surface area contributed by atoms with Gasteiger partial charge in [0, 0.05) is 25.1 Å². The van der Waals surface area contributed by atoms with Gasteiger partial charge < -0.3 is 31.1 Å². The van der Waals surface area contributed by atoms with Gasteiger partial charge in [0.1, 0.15) is 17.7 Å². The van der Waals surface area contributed by atoms with Gasteiger partial charge in [0.15, 0.2) is 0 Å². The molecule has 0 aromatic heterocycles. The summed E-state index contributed by atoms with van der Waals surface area (Å²) in [6, 6.07) is 5.01. The van der Waals surface area contributed by atoms with Crippen molar-refractivity contribution in [2.24, 2.45) is 10.7 Å². The van der Waals surface area contributed by atoms with Gasteiger partial charge >= 0.3 is 0 Å². The molecule has 2 saturated heterocycles. The van der Waals surface area contributed by atoms with Crippen LogP contribution in [-0.2, 0) is 5.41 Å². The van der Waals surface area contributed by atoms with Crippen molar-refractivity contribution in [3.8, 4) is 5.75 Å². The number of allylic oxidation sites excluding steroid dienone is 1. The lowest BCUT2D eigenvalue weighted by Gasteiger charge is -2.48. The summed E-state index contributed by atoms with van der Waals surface area (Å²) in [6.07, 6.45) is 0.720. The zero-order valence-electron chi connectivity index (χ0n) is 21.2. The monoisotopic (exact) mass is 469 g/mol. The lowest BCUT2D eigenvalue weighted by molar-refractivity contribution is 0.0137. The highest BCUT2D eigenvalue weighted by molar-refractivity contribution is 5.98. The van der Waals surface area contributed by atoms with Gasteiger partial charge in [-0.3, -0.25) is 9.79 Å². The van der Waals surface area contributed by atoms with Gasteiger partial charge in [-0.05, 0) is 44.2 Å². The van der Waals surface area contributed by atoms with Crippen molar-refractivity contribution in [3.05, 3.63) is 40.7 Å². The van der Waals surface area contributed by atoms with Crippen LogP contribution in [0.25, 0.3) is 0 Å². The maximum Gasteiger partial charge on any atom is 0.255 e. The van der Waals surface area contributed by atoms with Gasteiger partial charge in [-0.2, -0.15) is 0 Å². The SMILES string of the molecule is CCC(N)=NC1CNC(=C(C)C)N2C[C@@H](NC(=O)c3cccc4c3OCCC4(C)C)C(O)[C@]12C. The van der Waals surface area contributed by atoms with Gasteiger partial charge in [0.2, 0.25) is 0 Å². The minimum Gasteiger partial charge on any atom is -0.492 e. The Bertz CT molecular complexity index is 1030. The molecule has 2 unspecified atom stereocenters. The van der Waals surface area contributed by atoms with Gasteiger partial charge in [0.25, 0.3) is 5.91 Å². The standard InChI is InChI=1S/C26H39N5O3/c1-7-20(27)30-19-13-28-23(15(2)3)31-14-18(22(32)26(19,31)6)29-24(33)16-9-8-10-17-21(16)34-12-11-25(17,4)5/h8-10,18-19,22,28,32H,7,11-14H2,1-6H3,(H2,27,30)(H,29,33)/t18-,19?,22?,26+/m1/s1. The molecule has 5 N–H and O–H groups in total. The number of ether oxygens (including phenoxy) is 1. The van der Waals surface area contributed by atoms with E-state index in [0.717, 1.165) is 23.4 Å². The minimum atomic E-state index is -0.830. The number of fused-ring (bicyclic) bond motifs is 2. The van der Waals surface area contributed by atoms with Crippen LogP contribution < -0.4 is 21.1 Å². The minimum absolute atomic E-state index is 0.0562. The molecule has 1 aromatic carbocycles. The molecular weight excluding hydrogens is 430 g/mol. The lowest BCUT2D eigenvalue weighted by Crippen LogP contribution is -2.65. The molecule has 8 nitrogen and oxygen atoms in total. The van der Waals surface area contributed by atoms with E-state index in [4.69, 9.17) is 15.5 Å². The van der Waals surface area contributed by atoms with Crippen LogP contribution in [0.3, 0.4) is 0 Å². The van der Waals surface area contributed by atoms with Crippen LogP contribution in [-0.4, -0.2) is 65.2 Å². The number of para-hydroxylation sites is 1. The number of benzene rings is 1. The smallest absolute Gasteiger partial charge is 0.255 e. The molecule has 4 atom stereocenters. The zero-order chi connectivity index (χ0) is 24.8. The first kappa shape index (κ1) is 24.4. The van der Waals surface area contributed by atoms with Crippen LogP contribution >= 0.6 is 0 Å². The molecule has 186 valence electrons. The molecule has 0 spiro atoms. The second kappa shape index (κ2) is 8.80. The topological polar surface area (TPSA) is 112 Å². The summed E-state index contributed by atoms with van der Waals surface area (Å²) in [5.74, 6) is 1.95. The number of nitrogens with one attached hydrogen (secondary N) is 2. The second-order valence-electron chi connectivity index (χ2n) is 10.7. The maximum absolute atomic E-state index is 13.5. The molecular formula is C26H39N5O3.